The quantitative estimate of drug-likeness (QED) is 0.911. The number of amides is 1. The van der Waals surface area contributed by atoms with Gasteiger partial charge < -0.3 is 10.5 Å². The first kappa shape index (κ1) is 13.9. The molecule has 1 saturated heterocycles. The summed E-state index contributed by atoms with van der Waals surface area (Å²) in [5, 5.41) is 0. The van der Waals surface area contributed by atoms with Crippen molar-refractivity contribution < 1.29 is 9.53 Å². The number of hydrogen-bond acceptors (Lipinski definition) is 3. The Morgan fingerprint density at radius 2 is 1.95 bits per heavy atom. The smallest absolute Gasteiger partial charge is 0.414 e. The van der Waals surface area contributed by atoms with E-state index in [9.17, 15) is 4.79 Å². The Hall–Kier alpha value is -1.55. The molecule has 1 unspecified atom stereocenters. The molecule has 0 bridgehead atoms. The topological polar surface area (TPSA) is 55.6 Å². The molecule has 1 atom stereocenters. The monoisotopic (exact) mass is 262 g/mol. The van der Waals surface area contributed by atoms with Crippen molar-refractivity contribution in [3.8, 4) is 0 Å². The molecule has 2 rings (SSSR count). The second-order valence-corrected chi connectivity index (χ2v) is 5.25. The Bertz CT molecular complexity index is 460. The lowest BCUT2D eigenvalue weighted by Gasteiger charge is -2.36. The Balaban J connectivity index is 2.44. The van der Waals surface area contributed by atoms with Crippen LogP contribution in [0.25, 0.3) is 0 Å². The summed E-state index contributed by atoms with van der Waals surface area (Å²) in [7, 11) is 0. The number of cyclic esters (lactones) is 1. The van der Waals surface area contributed by atoms with Crippen LogP contribution in [0.2, 0.25) is 0 Å². The van der Waals surface area contributed by atoms with Gasteiger partial charge in [0.25, 0.3) is 0 Å². The first-order chi connectivity index (χ1) is 9.04. The average molecular weight is 262 g/mol. The zero-order chi connectivity index (χ0) is 14.0. The standard InChI is InChI=1S/C15H22N2O2/c1-10-8-11(2)14(12(3)9-10)17-13(4-6-16)5-7-19-15(17)18/h8-9,13H,4-7,16H2,1-3H3. The van der Waals surface area contributed by atoms with Crippen molar-refractivity contribution in [1.29, 1.82) is 0 Å². The molecular weight excluding hydrogens is 240 g/mol. The Kier molecular flexibility index (Phi) is 4.10. The fourth-order valence-electron chi connectivity index (χ4n) is 2.92. The number of benzene rings is 1. The molecule has 0 spiro atoms. The molecule has 0 saturated carbocycles. The number of rotatable bonds is 3. The summed E-state index contributed by atoms with van der Waals surface area (Å²) in [6, 6.07) is 4.35. The van der Waals surface area contributed by atoms with Crippen LogP contribution in [0.5, 0.6) is 0 Å². The zero-order valence-electron chi connectivity index (χ0n) is 11.9. The Morgan fingerprint density at radius 1 is 1.32 bits per heavy atom. The summed E-state index contributed by atoms with van der Waals surface area (Å²) in [6.45, 7) is 7.21. The Morgan fingerprint density at radius 3 is 2.53 bits per heavy atom. The third-order valence-electron chi connectivity index (χ3n) is 3.61. The number of hydrogen-bond donors (Lipinski definition) is 1. The summed E-state index contributed by atoms with van der Waals surface area (Å²) in [4.78, 5) is 13.9. The summed E-state index contributed by atoms with van der Waals surface area (Å²) < 4.78 is 5.21. The second kappa shape index (κ2) is 5.61. The van der Waals surface area contributed by atoms with E-state index in [-0.39, 0.29) is 12.1 Å². The van der Waals surface area contributed by atoms with Crippen LogP contribution in [0.15, 0.2) is 12.1 Å². The fraction of sp³-hybridized carbons (Fsp3) is 0.533. The van der Waals surface area contributed by atoms with Crippen molar-refractivity contribution in [3.63, 3.8) is 0 Å². The van der Waals surface area contributed by atoms with Crippen molar-refractivity contribution in [2.45, 2.75) is 39.7 Å². The number of carbonyl (C=O) groups is 1. The highest BCUT2D eigenvalue weighted by Crippen LogP contribution is 2.31. The third-order valence-corrected chi connectivity index (χ3v) is 3.61. The van der Waals surface area contributed by atoms with E-state index >= 15 is 0 Å². The number of nitrogens with zero attached hydrogens (tertiary/aromatic N) is 1. The lowest BCUT2D eigenvalue weighted by molar-refractivity contribution is 0.128. The van der Waals surface area contributed by atoms with Gasteiger partial charge in [-0.1, -0.05) is 17.7 Å². The van der Waals surface area contributed by atoms with E-state index in [0.29, 0.717) is 13.2 Å². The van der Waals surface area contributed by atoms with Gasteiger partial charge in [-0.25, -0.2) is 4.79 Å². The van der Waals surface area contributed by atoms with Gasteiger partial charge in [-0.3, -0.25) is 4.90 Å². The maximum atomic E-state index is 12.1. The second-order valence-electron chi connectivity index (χ2n) is 5.25. The minimum Gasteiger partial charge on any atom is -0.449 e. The largest absolute Gasteiger partial charge is 0.449 e. The summed E-state index contributed by atoms with van der Waals surface area (Å²) in [6.07, 6.45) is 1.40. The van der Waals surface area contributed by atoms with Gasteiger partial charge in [0.15, 0.2) is 0 Å². The van der Waals surface area contributed by atoms with E-state index in [2.05, 4.69) is 19.1 Å². The highest BCUT2D eigenvalue weighted by atomic mass is 16.6. The molecular formula is C15H22N2O2. The highest BCUT2D eigenvalue weighted by Gasteiger charge is 2.32. The van der Waals surface area contributed by atoms with E-state index in [1.807, 2.05) is 13.8 Å². The first-order valence-corrected chi connectivity index (χ1v) is 6.78. The maximum Gasteiger partial charge on any atom is 0.414 e. The van der Waals surface area contributed by atoms with Gasteiger partial charge in [-0.2, -0.15) is 0 Å². The van der Waals surface area contributed by atoms with E-state index in [0.717, 1.165) is 29.7 Å². The molecule has 19 heavy (non-hydrogen) atoms. The van der Waals surface area contributed by atoms with Crippen LogP contribution in [0.3, 0.4) is 0 Å². The predicted octanol–water partition coefficient (Wildman–Crippen LogP) is 2.68. The molecule has 1 aromatic rings. The van der Waals surface area contributed by atoms with Gasteiger partial charge in [0.05, 0.1) is 12.3 Å². The Labute approximate surface area is 114 Å². The van der Waals surface area contributed by atoms with E-state index in [1.165, 1.54) is 5.56 Å². The molecule has 104 valence electrons. The van der Waals surface area contributed by atoms with Gasteiger partial charge >= 0.3 is 6.09 Å². The van der Waals surface area contributed by atoms with Crippen molar-refractivity contribution >= 4 is 11.8 Å². The molecule has 1 aliphatic rings. The average Bonchev–Trinajstić information content (AvgIpc) is 2.31. The van der Waals surface area contributed by atoms with Crippen LogP contribution in [0.4, 0.5) is 10.5 Å². The van der Waals surface area contributed by atoms with Gasteiger partial charge in [-0.05, 0) is 44.9 Å². The van der Waals surface area contributed by atoms with Crippen LogP contribution >= 0.6 is 0 Å². The lowest BCUT2D eigenvalue weighted by atomic mass is 10.0. The van der Waals surface area contributed by atoms with Crippen LogP contribution in [0.1, 0.15) is 29.5 Å². The minimum absolute atomic E-state index is 0.145. The molecule has 1 fully saturated rings. The van der Waals surface area contributed by atoms with Gasteiger partial charge in [-0.15, -0.1) is 0 Å². The van der Waals surface area contributed by atoms with Gasteiger partial charge in [0.1, 0.15) is 0 Å². The molecule has 1 aromatic carbocycles. The molecule has 4 nitrogen and oxygen atoms in total. The van der Waals surface area contributed by atoms with Crippen LogP contribution < -0.4 is 10.6 Å². The molecule has 1 heterocycles. The number of ether oxygens (including phenoxy) is 1. The van der Waals surface area contributed by atoms with Crippen molar-refractivity contribution in [2.24, 2.45) is 5.73 Å². The van der Waals surface area contributed by atoms with E-state index in [4.69, 9.17) is 10.5 Å². The number of carbonyl (C=O) groups excluding carboxylic acids is 1. The first-order valence-electron chi connectivity index (χ1n) is 6.78. The number of nitrogens with two attached hydrogens (primary N) is 1. The number of aryl methyl sites for hydroxylation is 3. The SMILES string of the molecule is Cc1cc(C)c(N2C(=O)OCCC2CCN)c(C)c1. The van der Waals surface area contributed by atoms with E-state index in [1.54, 1.807) is 4.90 Å². The maximum absolute atomic E-state index is 12.1. The van der Waals surface area contributed by atoms with Gasteiger partial charge in [0.2, 0.25) is 0 Å². The van der Waals surface area contributed by atoms with Crippen molar-refractivity contribution in [1.82, 2.24) is 0 Å². The molecule has 0 radical (unpaired) electrons. The molecule has 0 aliphatic carbocycles. The molecule has 1 aliphatic heterocycles. The van der Waals surface area contributed by atoms with Crippen LogP contribution in [0, 0.1) is 20.8 Å². The van der Waals surface area contributed by atoms with Crippen LogP contribution in [-0.2, 0) is 4.74 Å². The summed E-state index contributed by atoms with van der Waals surface area (Å²) >= 11 is 0. The van der Waals surface area contributed by atoms with Crippen molar-refractivity contribution in [2.75, 3.05) is 18.1 Å². The molecule has 4 heteroatoms. The van der Waals surface area contributed by atoms with Crippen LogP contribution in [-0.4, -0.2) is 25.3 Å². The minimum atomic E-state index is -0.250. The molecule has 2 N–H and O–H groups in total. The predicted molar refractivity (Wildman–Crippen MR) is 76.6 cm³/mol. The number of anilines is 1. The molecule has 1 amide bonds. The summed E-state index contributed by atoms with van der Waals surface area (Å²) in [5.41, 5.74) is 10.1. The van der Waals surface area contributed by atoms with Crippen molar-refractivity contribution in [3.05, 3.63) is 28.8 Å². The normalized spacial score (nSPS) is 19.5. The van der Waals surface area contributed by atoms with Gasteiger partial charge in [0, 0.05) is 12.5 Å². The summed E-state index contributed by atoms with van der Waals surface area (Å²) in [5.74, 6) is 0. The molecule has 0 aromatic heterocycles. The highest BCUT2D eigenvalue weighted by molar-refractivity contribution is 5.91. The lowest BCUT2D eigenvalue weighted by Crippen LogP contribution is -2.47. The third kappa shape index (κ3) is 2.73. The van der Waals surface area contributed by atoms with E-state index < -0.39 is 0 Å². The zero-order valence-corrected chi connectivity index (χ0v) is 11.9. The fourth-order valence-corrected chi connectivity index (χ4v) is 2.92.